The minimum Gasteiger partial charge on any atom is -0.351 e. The van der Waals surface area contributed by atoms with E-state index in [1.54, 1.807) is 0 Å². The summed E-state index contributed by atoms with van der Waals surface area (Å²) in [7, 11) is 0. The molecule has 0 aromatic carbocycles. The van der Waals surface area contributed by atoms with Gasteiger partial charge in [0.1, 0.15) is 0 Å². The summed E-state index contributed by atoms with van der Waals surface area (Å²) in [6.45, 7) is 0. The smallest absolute Gasteiger partial charge is 0.240 e. The molecule has 8 nitrogen and oxygen atoms in total. The first-order valence-corrected chi connectivity index (χ1v) is 9.80. The molecule has 7 rings (SSSR count). The predicted octanol–water partition coefficient (Wildman–Crippen LogP) is 2.38. The molecular weight excluding hydrogens is 322 g/mol. The average Bonchev–Trinajstić information content (AvgIpc) is 3.24. The Morgan fingerprint density at radius 3 is 2.32 bits per heavy atom. The molecule has 0 unspecified atom stereocenters. The molecule has 5 aliphatic carbocycles. The lowest BCUT2D eigenvalue weighted by Gasteiger charge is -2.57. The molecule has 1 aromatic heterocycles. The van der Waals surface area contributed by atoms with Crippen molar-refractivity contribution in [1.82, 2.24) is 20.6 Å². The lowest BCUT2D eigenvalue weighted by atomic mass is 9.53. The molecule has 136 valence electrons. The number of aromatic amines is 1. The molecule has 5 saturated carbocycles. The summed E-state index contributed by atoms with van der Waals surface area (Å²) in [6, 6.07) is 0.336. The number of ether oxygens (including phenoxy) is 1. The van der Waals surface area contributed by atoms with Crippen LogP contribution in [0.3, 0.4) is 0 Å². The van der Waals surface area contributed by atoms with Crippen molar-refractivity contribution in [2.75, 3.05) is 5.32 Å². The van der Waals surface area contributed by atoms with Crippen molar-refractivity contribution in [3.05, 3.63) is 0 Å². The predicted molar refractivity (Wildman–Crippen MR) is 85.8 cm³/mol. The van der Waals surface area contributed by atoms with Gasteiger partial charge >= 0.3 is 0 Å². The van der Waals surface area contributed by atoms with Gasteiger partial charge in [-0.05, 0) is 67.2 Å². The molecule has 1 aromatic rings. The van der Waals surface area contributed by atoms with E-state index in [1.165, 1.54) is 32.1 Å². The number of hydrogen-bond acceptors (Lipinski definition) is 7. The molecule has 0 radical (unpaired) electrons. The summed E-state index contributed by atoms with van der Waals surface area (Å²) < 4.78 is 6.72. The highest BCUT2D eigenvalue weighted by Crippen LogP contribution is 2.63. The summed E-state index contributed by atoms with van der Waals surface area (Å²) in [4.78, 5) is 12.0. The third-order valence-corrected chi connectivity index (χ3v) is 7.38. The summed E-state index contributed by atoms with van der Waals surface area (Å²) in [5, 5.41) is 17.2. The van der Waals surface area contributed by atoms with Crippen molar-refractivity contribution in [1.29, 1.82) is 0 Å². The van der Waals surface area contributed by atoms with Gasteiger partial charge in [-0.15, -0.1) is 0 Å². The van der Waals surface area contributed by atoms with Gasteiger partial charge in [0.15, 0.2) is 0 Å². The Kier molecular flexibility index (Phi) is 3.06. The molecule has 8 heteroatoms. The van der Waals surface area contributed by atoms with E-state index in [2.05, 4.69) is 25.9 Å². The van der Waals surface area contributed by atoms with Gasteiger partial charge in [0.05, 0.1) is 0 Å². The molecule has 1 aliphatic heterocycles. The monoisotopic (exact) mass is 347 g/mol. The Morgan fingerprint density at radius 1 is 0.960 bits per heavy atom. The SMILES string of the molecule is C1C2CC3CC1CC(C2)C31OOC2(CCC(Nc3nnn[nH]3)CC2)O1. The number of nitrogens with zero attached hydrogens (tertiary/aromatic N) is 3. The van der Waals surface area contributed by atoms with E-state index >= 15 is 0 Å². The molecule has 2 N–H and O–H groups in total. The molecule has 0 atom stereocenters. The standard InChI is InChI=1S/C17H25N5O3/c1-3-16(4-2-14(1)18-15-19-21-22-20-15)23-17(25-24-16)12-6-10-5-11(8-12)9-13(17)7-10/h10-14H,1-9H2,(H2,18,19,20,21,22). The molecule has 1 saturated heterocycles. The van der Waals surface area contributed by atoms with E-state index in [-0.39, 0.29) is 0 Å². The number of aromatic nitrogens is 4. The minimum atomic E-state index is -0.548. The largest absolute Gasteiger partial charge is 0.351 e. The number of hydrogen-bond donors (Lipinski definition) is 2. The number of anilines is 1. The van der Waals surface area contributed by atoms with E-state index in [0.29, 0.717) is 23.8 Å². The number of H-pyrrole nitrogens is 1. The van der Waals surface area contributed by atoms with Gasteiger partial charge in [-0.1, -0.05) is 5.10 Å². The second-order valence-corrected chi connectivity index (χ2v) is 8.87. The Balaban J connectivity index is 1.15. The van der Waals surface area contributed by atoms with E-state index in [1.807, 2.05) is 0 Å². The van der Waals surface area contributed by atoms with Gasteiger partial charge < -0.3 is 10.1 Å². The van der Waals surface area contributed by atoms with Crippen LogP contribution in [0.25, 0.3) is 0 Å². The van der Waals surface area contributed by atoms with Crippen LogP contribution in [-0.2, 0) is 14.5 Å². The summed E-state index contributed by atoms with van der Waals surface area (Å²) >= 11 is 0. The first-order chi connectivity index (χ1) is 12.2. The van der Waals surface area contributed by atoms with Gasteiger partial charge in [0.2, 0.25) is 17.5 Å². The number of nitrogens with one attached hydrogen (secondary N) is 2. The van der Waals surface area contributed by atoms with E-state index < -0.39 is 11.6 Å². The lowest BCUT2D eigenvalue weighted by molar-refractivity contribution is -0.390. The molecule has 0 amide bonds. The van der Waals surface area contributed by atoms with Gasteiger partial charge in [0, 0.05) is 30.7 Å². The zero-order valence-electron chi connectivity index (χ0n) is 14.3. The van der Waals surface area contributed by atoms with Crippen molar-refractivity contribution in [2.45, 2.75) is 75.4 Å². The second-order valence-electron chi connectivity index (χ2n) is 8.87. The highest BCUT2D eigenvalue weighted by Gasteiger charge is 2.66. The fourth-order valence-electron chi connectivity index (χ4n) is 6.41. The summed E-state index contributed by atoms with van der Waals surface area (Å²) in [6.07, 6.45) is 10.1. The first kappa shape index (κ1) is 14.9. The van der Waals surface area contributed by atoms with Gasteiger partial charge in [-0.3, -0.25) is 0 Å². The third-order valence-electron chi connectivity index (χ3n) is 7.38. The van der Waals surface area contributed by atoms with Crippen LogP contribution in [0, 0.1) is 23.7 Å². The number of rotatable bonds is 2. The third kappa shape index (κ3) is 2.20. The summed E-state index contributed by atoms with van der Waals surface area (Å²) in [5.74, 6) is 2.47. The van der Waals surface area contributed by atoms with Crippen LogP contribution in [0.2, 0.25) is 0 Å². The van der Waals surface area contributed by atoms with E-state index in [9.17, 15) is 0 Å². The molecule has 25 heavy (non-hydrogen) atoms. The first-order valence-electron chi connectivity index (χ1n) is 9.80. The van der Waals surface area contributed by atoms with Crippen molar-refractivity contribution < 1.29 is 14.5 Å². The molecular formula is C17H25N5O3. The Labute approximate surface area is 146 Å². The zero-order valence-corrected chi connectivity index (χ0v) is 14.3. The van der Waals surface area contributed by atoms with Crippen molar-refractivity contribution in [3.63, 3.8) is 0 Å². The minimum absolute atomic E-state index is 0.336. The van der Waals surface area contributed by atoms with E-state index in [4.69, 9.17) is 14.5 Å². The second kappa shape index (κ2) is 5.14. The van der Waals surface area contributed by atoms with Gasteiger partial charge in [-0.25, -0.2) is 5.10 Å². The van der Waals surface area contributed by atoms with Gasteiger partial charge in [-0.2, -0.15) is 9.78 Å². The quantitative estimate of drug-likeness (QED) is 0.793. The van der Waals surface area contributed by atoms with Gasteiger partial charge in [0.25, 0.3) is 0 Å². The highest BCUT2D eigenvalue weighted by molar-refractivity contribution is 5.21. The molecule has 6 aliphatic rings. The fourth-order valence-corrected chi connectivity index (χ4v) is 6.41. The van der Waals surface area contributed by atoms with Crippen LogP contribution in [0.1, 0.15) is 57.8 Å². The van der Waals surface area contributed by atoms with Crippen LogP contribution in [0.4, 0.5) is 5.95 Å². The maximum atomic E-state index is 6.72. The van der Waals surface area contributed by atoms with Crippen LogP contribution in [0.15, 0.2) is 0 Å². The number of tetrazole rings is 1. The summed E-state index contributed by atoms with van der Waals surface area (Å²) in [5.41, 5.74) is 0. The Hall–Kier alpha value is -1.25. The van der Waals surface area contributed by atoms with Crippen molar-refractivity contribution in [3.8, 4) is 0 Å². The van der Waals surface area contributed by atoms with Crippen LogP contribution in [-0.4, -0.2) is 38.2 Å². The zero-order chi connectivity index (χ0) is 16.5. The maximum absolute atomic E-state index is 6.72. The molecule has 2 heterocycles. The highest BCUT2D eigenvalue weighted by atomic mass is 17.3. The average molecular weight is 347 g/mol. The molecule has 4 bridgehead atoms. The Morgan fingerprint density at radius 2 is 1.68 bits per heavy atom. The maximum Gasteiger partial charge on any atom is 0.240 e. The molecule has 6 fully saturated rings. The van der Waals surface area contributed by atoms with Crippen LogP contribution < -0.4 is 5.32 Å². The van der Waals surface area contributed by atoms with Crippen molar-refractivity contribution in [2.24, 2.45) is 23.7 Å². The molecule has 2 spiro atoms. The topological polar surface area (TPSA) is 94.2 Å². The van der Waals surface area contributed by atoms with E-state index in [0.717, 1.165) is 37.5 Å². The van der Waals surface area contributed by atoms with Crippen LogP contribution >= 0.6 is 0 Å². The lowest BCUT2D eigenvalue weighted by Crippen LogP contribution is -2.59. The Bertz CT molecular complexity index is 615. The van der Waals surface area contributed by atoms with Crippen LogP contribution in [0.5, 0.6) is 0 Å². The van der Waals surface area contributed by atoms with Crippen molar-refractivity contribution >= 4 is 5.95 Å². The normalized spacial score (nSPS) is 50.8. The fraction of sp³-hybridized carbons (Fsp3) is 0.941.